The number of rotatable bonds is 5. The van der Waals surface area contributed by atoms with Crippen LogP contribution in [-0.2, 0) is 11.2 Å². The zero-order valence-electron chi connectivity index (χ0n) is 8.99. The van der Waals surface area contributed by atoms with Crippen LogP contribution >= 0.6 is 0 Å². The van der Waals surface area contributed by atoms with Crippen molar-refractivity contribution in [3.05, 3.63) is 35.4 Å². The zero-order valence-corrected chi connectivity index (χ0v) is 8.99. The molecule has 0 amide bonds. The summed E-state index contributed by atoms with van der Waals surface area (Å²) in [5.41, 5.74) is 1.78. The van der Waals surface area contributed by atoms with Crippen LogP contribution in [0.1, 0.15) is 17.5 Å². The van der Waals surface area contributed by atoms with E-state index in [0.717, 1.165) is 11.1 Å². The molecule has 0 saturated heterocycles. The highest BCUT2D eigenvalue weighted by Gasteiger charge is 2.22. The minimum Gasteiger partial charge on any atom is -0.481 e. The molecule has 0 aliphatic heterocycles. The van der Waals surface area contributed by atoms with Crippen molar-refractivity contribution in [1.82, 2.24) is 0 Å². The molecule has 16 heavy (non-hydrogen) atoms. The quantitative estimate of drug-likeness (QED) is 0.841. The molecule has 0 bridgehead atoms. The summed E-state index contributed by atoms with van der Waals surface area (Å²) in [5, 5.41) is 8.82. The van der Waals surface area contributed by atoms with Crippen LogP contribution in [0.5, 0.6) is 0 Å². The maximum absolute atomic E-state index is 12.2. The number of alkyl halides is 2. The number of hydrogen-bond acceptors (Lipinski definition) is 1. The number of aliphatic carboxylic acids is 1. The van der Waals surface area contributed by atoms with Gasteiger partial charge < -0.3 is 5.11 Å². The van der Waals surface area contributed by atoms with Crippen LogP contribution in [-0.4, -0.2) is 17.5 Å². The van der Waals surface area contributed by atoms with Crippen molar-refractivity contribution in [2.75, 3.05) is 0 Å². The fourth-order valence-corrected chi connectivity index (χ4v) is 1.61. The van der Waals surface area contributed by atoms with Gasteiger partial charge in [-0.2, -0.15) is 0 Å². The largest absolute Gasteiger partial charge is 0.481 e. The highest BCUT2D eigenvalue weighted by atomic mass is 19.3. The van der Waals surface area contributed by atoms with Gasteiger partial charge in [-0.05, 0) is 18.9 Å². The molecule has 88 valence electrons. The summed E-state index contributed by atoms with van der Waals surface area (Å²) >= 11 is 0. The Morgan fingerprint density at radius 1 is 1.44 bits per heavy atom. The first kappa shape index (κ1) is 12.6. The molecule has 0 fully saturated rings. The van der Waals surface area contributed by atoms with Gasteiger partial charge in [0.1, 0.15) is 0 Å². The maximum atomic E-state index is 12.2. The lowest BCUT2D eigenvalue weighted by molar-refractivity contribution is -0.143. The van der Waals surface area contributed by atoms with Crippen molar-refractivity contribution in [2.45, 2.75) is 26.2 Å². The number of carboxylic acid groups (broad SMARTS) is 1. The van der Waals surface area contributed by atoms with Gasteiger partial charge >= 0.3 is 5.97 Å². The lowest BCUT2D eigenvalue weighted by Gasteiger charge is -2.11. The third kappa shape index (κ3) is 3.96. The first-order valence-corrected chi connectivity index (χ1v) is 5.05. The number of hydrogen-bond donors (Lipinski definition) is 1. The number of halogens is 2. The second-order valence-corrected chi connectivity index (χ2v) is 3.86. The third-order valence-electron chi connectivity index (χ3n) is 2.38. The summed E-state index contributed by atoms with van der Waals surface area (Å²) in [7, 11) is 0. The molecule has 1 unspecified atom stereocenters. The van der Waals surface area contributed by atoms with Crippen LogP contribution in [0.25, 0.3) is 0 Å². The SMILES string of the molecule is Cc1cccc(CC(CC(F)F)C(=O)O)c1. The van der Waals surface area contributed by atoms with Crippen LogP contribution in [0.4, 0.5) is 8.78 Å². The van der Waals surface area contributed by atoms with Crippen molar-refractivity contribution < 1.29 is 18.7 Å². The topological polar surface area (TPSA) is 37.3 Å². The van der Waals surface area contributed by atoms with Crippen molar-refractivity contribution in [1.29, 1.82) is 0 Å². The van der Waals surface area contributed by atoms with Gasteiger partial charge in [0.05, 0.1) is 5.92 Å². The smallest absolute Gasteiger partial charge is 0.307 e. The molecular weight excluding hydrogens is 214 g/mol. The highest BCUT2D eigenvalue weighted by molar-refractivity contribution is 5.70. The molecule has 0 radical (unpaired) electrons. The van der Waals surface area contributed by atoms with E-state index < -0.39 is 24.7 Å². The molecule has 1 N–H and O–H groups in total. The molecule has 1 aromatic carbocycles. The molecular formula is C12H14F2O2. The Kier molecular flexibility index (Phi) is 4.40. The van der Waals surface area contributed by atoms with Crippen LogP contribution in [0.2, 0.25) is 0 Å². The van der Waals surface area contributed by atoms with Crippen molar-refractivity contribution in [3.63, 3.8) is 0 Å². The summed E-state index contributed by atoms with van der Waals surface area (Å²) < 4.78 is 24.3. The third-order valence-corrected chi connectivity index (χ3v) is 2.38. The Hall–Kier alpha value is -1.45. The molecule has 2 nitrogen and oxygen atoms in total. The molecule has 0 aliphatic carbocycles. The minimum atomic E-state index is -2.58. The first-order chi connectivity index (χ1) is 7.49. The maximum Gasteiger partial charge on any atom is 0.307 e. The molecule has 1 atom stereocenters. The Bertz CT molecular complexity index is 364. The van der Waals surface area contributed by atoms with Crippen molar-refractivity contribution >= 4 is 5.97 Å². The minimum absolute atomic E-state index is 0.154. The Morgan fingerprint density at radius 2 is 2.12 bits per heavy atom. The molecule has 0 heterocycles. The van der Waals surface area contributed by atoms with Crippen LogP contribution in [0, 0.1) is 12.8 Å². The molecule has 1 rings (SSSR count). The van der Waals surface area contributed by atoms with E-state index >= 15 is 0 Å². The predicted octanol–water partition coefficient (Wildman–Crippen LogP) is 2.89. The molecule has 0 spiro atoms. The fraction of sp³-hybridized carbons (Fsp3) is 0.417. The summed E-state index contributed by atoms with van der Waals surface area (Å²) in [6.07, 6.45) is -3.02. The van der Waals surface area contributed by atoms with Gasteiger partial charge in [-0.1, -0.05) is 29.8 Å². The van der Waals surface area contributed by atoms with Gasteiger partial charge in [0.2, 0.25) is 6.43 Å². The summed E-state index contributed by atoms with van der Waals surface area (Å²) in [6, 6.07) is 7.26. The summed E-state index contributed by atoms with van der Waals surface area (Å²) in [5.74, 6) is -2.18. The number of carboxylic acids is 1. The van der Waals surface area contributed by atoms with Crippen LogP contribution in [0.15, 0.2) is 24.3 Å². The second kappa shape index (κ2) is 5.58. The van der Waals surface area contributed by atoms with Crippen molar-refractivity contribution in [2.24, 2.45) is 5.92 Å². The number of benzene rings is 1. The molecule has 0 aromatic heterocycles. The van der Waals surface area contributed by atoms with Gasteiger partial charge in [-0.25, -0.2) is 8.78 Å². The monoisotopic (exact) mass is 228 g/mol. The Labute approximate surface area is 92.9 Å². The normalized spacial score (nSPS) is 12.8. The highest BCUT2D eigenvalue weighted by Crippen LogP contribution is 2.17. The second-order valence-electron chi connectivity index (χ2n) is 3.86. The van der Waals surface area contributed by atoms with E-state index in [0.29, 0.717) is 0 Å². The molecule has 1 aromatic rings. The van der Waals surface area contributed by atoms with Gasteiger partial charge in [0.15, 0.2) is 0 Å². The van der Waals surface area contributed by atoms with Gasteiger partial charge in [0, 0.05) is 6.42 Å². The average Bonchev–Trinajstić information content (AvgIpc) is 2.15. The first-order valence-electron chi connectivity index (χ1n) is 5.05. The lowest BCUT2D eigenvalue weighted by Crippen LogP contribution is -2.19. The molecule has 0 saturated carbocycles. The average molecular weight is 228 g/mol. The summed E-state index contributed by atoms with van der Waals surface area (Å²) in [6.45, 7) is 1.88. The number of aryl methyl sites for hydroxylation is 1. The van der Waals surface area contributed by atoms with Gasteiger partial charge in [0.25, 0.3) is 0 Å². The molecule has 4 heteroatoms. The fourth-order valence-electron chi connectivity index (χ4n) is 1.61. The Morgan fingerprint density at radius 3 is 2.62 bits per heavy atom. The van der Waals surface area contributed by atoms with E-state index in [1.807, 2.05) is 19.1 Å². The number of carbonyl (C=O) groups is 1. The zero-order chi connectivity index (χ0) is 12.1. The van der Waals surface area contributed by atoms with Crippen molar-refractivity contribution in [3.8, 4) is 0 Å². The molecule has 0 aliphatic rings. The predicted molar refractivity (Wildman–Crippen MR) is 56.6 cm³/mol. The van der Waals surface area contributed by atoms with Gasteiger partial charge in [-0.3, -0.25) is 4.79 Å². The summed E-state index contributed by atoms with van der Waals surface area (Å²) in [4.78, 5) is 10.8. The van der Waals surface area contributed by atoms with E-state index in [1.54, 1.807) is 12.1 Å². The van der Waals surface area contributed by atoms with Crippen LogP contribution in [0.3, 0.4) is 0 Å². The van der Waals surface area contributed by atoms with E-state index in [9.17, 15) is 13.6 Å². The van der Waals surface area contributed by atoms with E-state index in [-0.39, 0.29) is 6.42 Å². The van der Waals surface area contributed by atoms with E-state index in [1.165, 1.54) is 0 Å². The van der Waals surface area contributed by atoms with E-state index in [2.05, 4.69) is 0 Å². The Balaban J connectivity index is 2.71. The van der Waals surface area contributed by atoms with Crippen LogP contribution < -0.4 is 0 Å². The lowest BCUT2D eigenvalue weighted by atomic mass is 9.96. The van der Waals surface area contributed by atoms with Gasteiger partial charge in [-0.15, -0.1) is 0 Å². The van der Waals surface area contributed by atoms with E-state index in [4.69, 9.17) is 5.11 Å². The standard InChI is InChI=1S/C12H14F2O2/c1-8-3-2-4-9(5-8)6-10(12(15)16)7-11(13)14/h2-5,10-11H,6-7H2,1H3,(H,15,16).